The molecule has 1 fully saturated rings. The maximum atomic E-state index is 13.6. The van der Waals surface area contributed by atoms with E-state index in [1.165, 1.54) is 0 Å². The Hall–Kier alpha value is -3.74. The first-order valence-electron chi connectivity index (χ1n) is 12.9. The highest BCUT2D eigenvalue weighted by atomic mass is 16.2. The number of carbonyl (C=O) groups excluding carboxylic acids is 4. The van der Waals surface area contributed by atoms with Gasteiger partial charge < -0.3 is 16.0 Å². The number of nitrogens with one attached hydrogen (secondary N) is 1. The van der Waals surface area contributed by atoms with Crippen molar-refractivity contribution in [1.82, 2.24) is 5.32 Å². The summed E-state index contributed by atoms with van der Waals surface area (Å²) >= 11 is 0. The summed E-state index contributed by atoms with van der Waals surface area (Å²) < 4.78 is 0. The van der Waals surface area contributed by atoms with E-state index in [0.29, 0.717) is 42.6 Å². The van der Waals surface area contributed by atoms with Crippen LogP contribution in [0, 0.1) is 17.8 Å². The zero-order valence-electron chi connectivity index (χ0n) is 21.7. The van der Waals surface area contributed by atoms with Crippen molar-refractivity contribution in [2.75, 3.05) is 11.4 Å². The van der Waals surface area contributed by atoms with Gasteiger partial charge in [-0.2, -0.15) is 0 Å². The predicted molar refractivity (Wildman–Crippen MR) is 145 cm³/mol. The second kappa shape index (κ2) is 13.0. The lowest BCUT2D eigenvalue weighted by Crippen LogP contribution is -2.51. The third-order valence-electron chi connectivity index (χ3n) is 6.79. The molecule has 0 spiro atoms. The average Bonchev–Trinajstić information content (AvgIpc) is 3.07. The van der Waals surface area contributed by atoms with E-state index in [9.17, 15) is 19.2 Å². The lowest BCUT2D eigenvalue weighted by atomic mass is 9.82. The molecule has 0 aromatic heterocycles. The molecule has 0 bridgehead atoms. The highest BCUT2D eigenvalue weighted by Crippen LogP contribution is 2.27. The average molecular weight is 504 g/mol. The summed E-state index contributed by atoms with van der Waals surface area (Å²) in [7, 11) is 0. The molecule has 7 nitrogen and oxygen atoms in total. The van der Waals surface area contributed by atoms with Crippen molar-refractivity contribution >= 4 is 29.2 Å². The fourth-order valence-corrected chi connectivity index (χ4v) is 4.90. The van der Waals surface area contributed by atoms with E-state index in [1.54, 1.807) is 47.4 Å². The molecule has 3 amide bonds. The van der Waals surface area contributed by atoms with Crippen molar-refractivity contribution in [3.8, 4) is 0 Å². The number of allylic oxidation sites excluding steroid dienone is 1. The quantitative estimate of drug-likeness (QED) is 0.353. The summed E-state index contributed by atoms with van der Waals surface area (Å²) in [5, 5.41) is 2.93. The van der Waals surface area contributed by atoms with Crippen molar-refractivity contribution in [1.29, 1.82) is 0 Å². The highest BCUT2D eigenvalue weighted by Gasteiger charge is 2.36. The molecule has 2 aromatic rings. The maximum Gasteiger partial charge on any atom is 0.249 e. The Morgan fingerprint density at radius 2 is 1.76 bits per heavy atom. The van der Waals surface area contributed by atoms with Gasteiger partial charge in [0.1, 0.15) is 6.04 Å². The Labute approximate surface area is 219 Å². The normalized spacial score (nSPS) is 17.5. The van der Waals surface area contributed by atoms with Crippen molar-refractivity contribution in [2.24, 2.45) is 23.5 Å². The van der Waals surface area contributed by atoms with Crippen molar-refractivity contribution in [2.45, 2.75) is 52.0 Å². The summed E-state index contributed by atoms with van der Waals surface area (Å²) in [6, 6.07) is 15.3. The van der Waals surface area contributed by atoms with Crippen LogP contribution in [-0.4, -0.2) is 36.1 Å². The molecular weight excluding hydrogens is 466 g/mol. The zero-order chi connectivity index (χ0) is 26.9. The van der Waals surface area contributed by atoms with Gasteiger partial charge in [-0.15, -0.1) is 6.58 Å². The summed E-state index contributed by atoms with van der Waals surface area (Å²) in [4.78, 5) is 53.8. The monoisotopic (exact) mass is 503 g/mol. The van der Waals surface area contributed by atoms with E-state index >= 15 is 0 Å². The third kappa shape index (κ3) is 7.15. The summed E-state index contributed by atoms with van der Waals surface area (Å²) in [5.74, 6) is -2.40. The van der Waals surface area contributed by atoms with Gasteiger partial charge in [0.25, 0.3) is 0 Å². The Balaban J connectivity index is 1.82. The molecule has 3 N–H and O–H groups in total. The molecule has 3 rings (SSSR count). The molecule has 0 saturated carbocycles. The zero-order valence-corrected chi connectivity index (χ0v) is 21.7. The van der Waals surface area contributed by atoms with Crippen molar-refractivity contribution in [3.05, 3.63) is 78.4 Å². The molecule has 37 heavy (non-hydrogen) atoms. The minimum absolute atomic E-state index is 0.120. The molecular formula is C30H37N3O4. The molecule has 1 heterocycles. The largest absolute Gasteiger partial charge is 0.369 e. The van der Waals surface area contributed by atoms with Gasteiger partial charge in [-0.25, -0.2) is 0 Å². The number of ketones is 1. The van der Waals surface area contributed by atoms with E-state index in [0.717, 1.165) is 12.8 Å². The molecule has 0 unspecified atom stereocenters. The molecule has 0 radical (unpaired) electrons. The van der Waals surface area contributed by atoms with Crippen LogP contribution in [0.1, 0.15) is 61.9 Å². The number of anilines is 1. The van der Waals surface area contributed by atoms with E-state index in [1.807, 2.05) is 32.0 Å². The summed E-state index contributed by atoms with van der Waals surface area (Å²) in [5.41, 5.74) is 7.32. The Kier molecular flexibility index (Phi) is 9.78. The number of benzene rings is 2. The first-order valence-corrected chi connectivity index (χ1v) is 12.9. The lowest BCUT2D eigenvalue weighted by molar-refractivity contribution is -0.135. The lowest BCUT2D eigenvalue weighted by Gasteiger charge is -2.29. The van der Waals surface area contributed by atoms with Gasteiger partial charge in [-0.3, -0.25) is 19.2 Å². The SMILES string of the molecule is C=CC[C@H](C(N)=O)[C@@H](CC(C)C)C(=O)N[C@H]1CCCCN(c2cccc(C(=O)c3ccccc3)c2)C1=O. The number of carbonyl (C=O) groups is 4. The first-order chi connectivity index (χ1) is 17.7. The molecule has 1 aliphatic heterocycles. The number of primary amides is 1. The van der Waals surface area contributed by atoms with Crippen LogP contribution < -0.4 is 16.0 Å². The fourth-order valence-electron chi connectivity index (χ4n) is 4.90. The predicted octanol–water partition coefficient (Wildman–Crippen LogP) is 4.26. The second-order valence-electron chi connectivity index (χ2n) is 10.1. The van der Waals surface area contributed by atoms with Crippen LogP contribution >= 0.6 is 0 Å². The van der Waals surface area contributed by atoms with Crippen molar-refractivity contribution < 1.29 is 19.2 Å². The van der Waals surface area contributed by atoms with Crippen LogP contribution in [0.25, 0.3) is 0 Å². The Bertz CT molecular complexity index is 1130. The minimum Gasteiger partial charge on any atom is -0.369 e. The number of rotatable bonds is 11. The van der Waals surface area contributed by atoms with Crippen LogP contribution in [0.4, 0.5) is 5.69 Å². The van der Waals surface area contributed by atoms with E-state index in [2.05, 4.69) is 11.9 Å². The van der Waals surface area contributed by atoms with Crippen LogP contribution in [-0.2, 0) is 14.4 Å². The van der Waals surface area contributed by atoms with Gasteiger partial charge >= 0.3 is 0 Å². The van der Waals surface area contributed by atoms with E-state index in [-0.39, 0.29) is 23.5 Å². The first kappa shape index (κ1) is 27.8. The molecule has 0 aliphatic carbocycles. The molecule has 1 saturated heterocycles. The van der Waals surface area contributed by atoms with Crippen LogP contribution in [0.5, 0.6) is 0 Å². The summed E-state index contributed by atoms with van der Waals surface area (Å²) in [6.45, 7) is 8.15. The van der Waals surface area contributed by atoms with Gasteiger partial charge in [0.15, 0.2) is 5.78 Å². The molecule has 1 aliphatic rings. The topological polar surface area (TPSA) is 110 Å². The third-order valence-corrected chi connectivity index (χ3v) is 6.79. The van der Waals surface area contributed by atoms with Crippen LogP contribution in [0.2, 0.25) is 0 Å². The Morgan fingerprint density at radius 3 is 2.41 bits per heavy atom. The Morgan fingerprint density at radius 1 is 1.05 bits per heavy atom. The number of nitrogens with two attached hydrogens (primary N) is 1. The number of hydrogen-bond donors (Lipinski definition) is 2. The molecule has 2 aromatic carbocycles. The van der Waals surface area contributed by atoms with E-state index in [4.69, 9.17) is 5.73 Å². The van der Waals surface area contributed by atoms with Gasteiger partial charge in [-0.05, 0) is 50.2 Å². The number of nitrogens with zero attached hydrogens (tertiary/aromatic N) is 1. The second-order valence-corrected chi connectivity index (χ2v) is 10.1. The molecule has 3 atom stereocenters. The number of amides is 3. The van der Waals surface area contributed by atoms with Crippen molar-refractivity contribution in [3.63, 3.8) is 0 Å². The molecule has 7 heteroatoms. The fraction of sp³-hybridized carbons (Fsp3) is 0.400. The maximum absolute atomic E-state index is 13.6. The van der Waals surface area contributed by atoms with Crippen LogP contribution in [0.15, 0.2) is 67.3 Å². The van der Waals surface area contributed by atoms with Gasteiger partial charge in [-0.1, -0.05) is 62.4 Å². The summed E-state index contributed by atoms with van der Waals surface area (Å²) in [6.07, 6.45) is 4.40. The van der Waals surface area contributed by atoms with Gasteiger partial charge in [0.05, 0.1) is 11.8 Å². The van der Waals surface area contributed by atoms with Crippen LogP contribution in [0.3, 0.4) is 0 Å². The minimum atomic E-state index is -0.726. The van der Waals surface area contributed by atoms with E-state index < -0.39 is 23.8 Å². The standard InChI is InChI=1S/C30H37N3O4/c1-4-11-24(28(31)35)25(18-20(2)3)29(36)32-26-16-8-9-17-33(30(26)37)23-15-10-14-22(19-23)27(34)21-12-6-5-7-13-21/h4-7,10,12-15,19-20,24-26H,1,8-9,11,16-18H2,2-3H3,(H2,31,35)(H,32,36)/t24-,25+,26-/m0/s1. The smallest absolute Gasteiger partial charge is 0.249 e. The molecule has 196 valence electrons. The highest BCUT2D eigenvalue weighted by molar-refractivity contribution is 6.10. The van der Waals surface area contributed by atoms with Gasteiger partial charge in [0, 0.05) is 23.4 Å². The van der Waals surface area contributed by atoms with Gasteiger partial charge in [0.2, 0.25) is 17.7 Å². The number of hydrogen-bond acceptors (Lipinski definition) is 4.